The van der Waals surface area contributed by atoms with Gasteiger partial charge in [-0.15, -0.1) is 0 Å². The zero-order chi connectivity index (χ0) is 14.8. The van der Waals surface area contributed by atoms with Gasteiger partial charge in [0.05, 0.1) is 12.7 Å². The quantitative estimate of drug-likeness (QED) is 0.707. The molecule has 1 fully saturated rings. The predicted octanol–water partition coefficient (Wildman–Crippen LogP) is -1.48. The van der Waals surface area contributed by atoms with Crippen LogP contribution in [-0.4, -0.2) is 61.2 Å². The highest BCUT2D eigenvalue weighted by Crippen LogP contribution is 2.07. The molecule has 20 heavy (non-hydrogen) atoms. The Morgan fingerprint density at radius 3 is 2.95 bits per heavy atom. The summed E-state index contributed by atoms with van der Waals surface area (Å²) in [6, 6.07) is 0.0687. The maximum atomic E-state index is 12.0. The lowest BCUT2D eigenvalue weighted by molar-refractivity contribution is -0.132. The van der Waals surface area contributed by atoms with Crippen LogP contribution in [0.2, 0.25) is 0 Å². The number of rotatable bonds is 4. The van der Waals surface area contributed by atoms with Crippen molar-refractivity contribution in [2.75, 3.05) is 26.2 Å². The summed E-state index contributed by atoms with van der Waals surface area (Å²) in [6.07, 6.45) is 2.64. The summed E-state index contributed by atoms with van der Waals surface area (Å²) in [7, 11) is -2.06. The smallest absolute Gasteiger partial charge is 0.244 e. The van der Waals surface area contributed by atoms with Crippen molar-refractivity contribution in [3.63, 3.8) is 0 Å². The van der Waals surface area contributed by atoms with Crippen LogP contribution in [0.25, 0.3) is 0 Å². The average Bonchev–Trinajstić information content (AvgIpc) is 2.84. The second-order valence-electron chi connectivity index (χ2n) is 4.81. The largest absolute Gasteiger partial charge is 0.336 e. The average molecular weight is 301 g/mol. The molecular weight excluding hydrogens is 282 g/mol. The van der Waals surface area contributed by atoms with Gasteiger partial charge in [-0.1, -0.05) is 0 Å². The summed E-state index contributed by atoms with van der Waals surface area (Å²) in [4.78, 5) is 13.8. The number of amides is 1. The standard InChI is InChI=1S/C11H19N5O3S/c1-9-5-12-3-4-16(9)11(17)7-14-20(18,19)10-6-13-15(2)8-10/h6,8-9,12,14H,3-5,7H2,1-2H3/t9-/m0/s1. The lowest BCUT2D eigenvalue weighted by Crippen LogP contribution is -2.54. The van der Waals surface area contributed by atoms with E-state index in [0.29, 0.717) is 6.54 Å². The number of hydrogen-bond acceptors (Lipinski definition) is 5. The van der Waals surface area contributed by atoms with Gasteiger partial charge in [-0.3, -0.25) is 9.48 Å². The van der Waals surface area contributed by atoms with E-state index in [0.717, 1.165) is 13.1 Å². The highest BCUT2D eigenvalue weighted by molar-refractivity contribution is 7.89. The number of carbonyl (C=O) groups excluding carboxylic acids is 1. The lowest BCUT2D eigenvalue weighted by Gasteiger charge is -2.34. The molecule has 112 valence electrons. The van der Waals surface area contributed by atoms with Crippen LogP contribution in [0.1, 0.15) is 6.92 Å². The summed E-state index contributed by atoms with van der Waals surface area (Å²) in [5.74, 6) is -0.216. The van der Waals surface area contributed by atoms with E-state index in [9.17, 15) is 13.2 Å². The van der Waals surface area contributed by atoms with Crippen LogP contribution in [-0.2, 0) is 21.9 Å². The van der Waals surface area contributed by atoms with Gasteiger partial charge in [-0.05, 0) is 6.92 Å². The SMILES string of the molecule is C[C@H]1CNCCN1C(=O)CNS(=O)(=O)c1cnn(C)c1. The molecule has 1 aliphatic rings. The molecule has 0 aromatic carbocycles. The number of aromatic nitrogens is 2. The molecule has 0 unspecified atom stereocenters. The molecule has 9 heteroatoms. The van der Waals surface area contributed by atoms with E-state index in [1.54, 1.807) is 11.9 Å². The minimum atomic E-state index is -3.69. The second-order valence-corrected chi connectivity index (χ2v) is 6.58. The van der Waals surface area contributed by atoms with E-state index >= 15 is 0 Å². The van der Waals surface area contributed by atoms with E-state index < -0.39 is 10.0 Å². The number of carbonyl (C=O) groups is 1. The van der Waals surface area contributed by atoms with Gasteiger partial charge in [0.25, 0.3) is 0 Å². The summed E-state index contributed by atoms with van der Waals surface area (Å²) in [6.45, 7) is 3.74. The molecule has 1 amide bonds. The Kier molecular flexibility index (Phi) is 4.41. The van der Waals surface area contributed by atoms with Crippen molar-refractivity contribution in [2.45, 2.75) is 17.9 Å². The van der Waals surface area contributed by atoms with Gasteiger partial charge in [0, 0.05) is 38.9 Å². The van der Waals surface area contributed by atoms with Gasteiger partial charge in [-0.25, -0.2) is 13.1 Å². The molecule has 2 rings (SSSR count). The van der Waals surface area contributed by atoms with Gasteiger partial charge in [0.2, 0.25) is 15.9 Å². The van der Waals surface area contributed by atoms with Crippen LogP contribution < -0.4 is 10.0 Å². The topological polar surface area (TPSA) is 96.3 Å². The van der Waals surface area contributed by atoms with E-state index in [1.807, 2.05) is 6.92 Å². The number of nitrogens with zero attached hydrogens (tertiary/aromatic N) is 3. The Labute approximate surface area is 118 Å². The van der Waals surface area contributed by atoms with Crippen molar-refractivity contribution in [2.24, 2.45) is 7.05 Å². The Hall–Kier alpha value is -1.45. The van der Waals surface area contributed by atoms with Crippen molar-refractivity contribution < 1.29 is 13.2 Å². The second kappa shape index (κ2) is 5.90. The van der Waals surface area contributed by atoms with Crippen LogP contribution in [0.5, 0.6) is 0 Å². The van der Waals surface area contributed by atoms with E-state index in [2.05, 4.69) is 15.1 Å². The molecule has 1 atom stereocenters. The molecule has 0 saturated carbocycles. The van der Waals surface area contributed by atoms with Crippen molar-refractivity contribution in [1.82, 2.24) is 24.7 Å². The molecule has 1 saturated heterocycles. The number of aryl methyl sites for hydroxylation is 1. The van der Waals surface area contributed by atoms with E-state index in [4.69, 9.17) is 0 Å². The van der Waals surface area contributed by atoms with Crippen molar-refractivity contribution in [1.29, 1.82) is 0 Å². The molecular formula is C11H19N5O3S. The fourth-order valence-electron chi connectivity index (χ4n) is 2.09. The molecule has 1 aromatic heterocycles. The first-order valence-corrected chi connectivity index (χ1v) is 7.87. The van der Waals surface area contributed by atoms with E-state index in [1.165, 1.54) is 17.1 Å². The molecule has 0 bridgehead atoms. The summed E-state index contributed by atoms with van der Waals surface area (Å²) in [5, 5.41) is 6.98. The predicted molar refractivity (Wildman–Crippen MR) is 72.4 cm³/mol. The van der Waals surface area contributed by atoms with Crippen molar-refractivity contribution in [3.8, 4) is 0 Å². The van der Waals surface area contributed by atoms with E-state index in [-0.39, 0.29) is 23.4 Å². The van der Waals surface area contributed by atoms with Crippen molar-refractivity contribution in [3.05, 3.63) is 12.4 Å². The zero-order valence-corrected chi connectivity index (χ0v) is 12.4. The molecule has 0 spiro atoms. The van der Waals surface area contributed by atoms with Gasteiger partial charge in [-0.2, -0.15) is 5.10 Å². The number of piperazine rings is 1. The van der Waals surface area contributed by atoms with Gasteiger partial charge >= 0.3 is 0 Å². The fourth-order valence-corrected chi connectivity index (χ4v) is 3.05. The van der Waals surface area contributed by atoms with Crippen LogP contribution in [0.3, 0.4) is 0 Å². The summed E-state index contributed by atoms with van der Waals surface area (Å²) in [5.41, 5.74) is 0. The number of hydrogen-bond donors (Lipinski definition) is 2. The molecule has 2 heterocycles. The molecule has 1 aliphatic heterocycles. The Morgan fingerprint density at radius 1 is 1.60 bits per heavy atom. The fraction of sp³-hybridized carbons (Fsp3) is 0.636. The monoisotopic (exact) mass is 301 g/mol. The third kappa shape index (κ3) is 3.35. The highest BCUT2D eigenvalue weighted by atomic mass is 32.2. The first kappa shape index (κ1) is 14.9. The van der Waals surface area contributed by atoms with Crippen LogP contribution >= 0.6 is 0 Å². The van der Waals surface area contributed by atoms with Gasteiger partial charge < -0.3 is 10.2 Å². The minimum absolute atomic E-state index is 0.0566. The van der Waals surface area contributed by atoms with Crippen LogP contribution in [0.15, 0.2) is 17.3 Å². The van der Waals surface area contributed by atoms with Crippen LogP contribution in [0, 0.1) is 0 Å². The molecule has 8 nitrogen and oxygen atoms in total. The third-order valence-electron chi connectivity index (χ3n) is 3.23. The van der Waals surface area contributed by atoms with Crippen molar-refractivity contribution >= 4 is 15.9 Å². The Balaban J connectivity index is 1.96. The maximum Gasteiger partial charge on any atom is 0.244 e. The Bertz CT molecular complexity index is 583. The highest BCUT2D eigenvalue weighted by Gasteiger charge is 2.24. The minimum Gasteiger partial charge on any atom is -0.336 e. The number of sulfonamides is 1. The molecule has 0 radical (unpaired) electrons. The molecule has 2 N–H and O–H groups in total. The zero-order valence-electron chi connectivity index (χ0n) is 11.5. The normalized spacial score (nSPS) is 20.1. The first-order valence-electron chi connectivity index (χ1n) is 6.38. The lowest BCUT2D eigenvalue weighted by atomic mass is 10.2. The maximum absolute atomic E-state index is 12.0. The van der Waals surface area contributed by atoms with Gasteiger partial charge in [0.15, 0.2) is 0 Å². The first-order chi connectivity index (χ1) is 9.40. The third-order valence-corrected chi connectivity index (χ3v) is 4.58. The Morgan fingerprint density at radius 2 is 2.35 bits per heavy atom. The number of nitrogens with one attached hydrogen (secondary N) is 2. The van der Waals surface area contributed by atoms with Crippen LogP contribution in [0.4, 0.5) is 0 Å². The summed E-state index contributed by atoms with van der Waals surface area (Å²) < 4.78 is 27.6. The molecule has 0 aliphatic carbocycles. The molecule has 1 aromatic rings. The summed E-state index contributed by atoms with van der Waals surface area (Å²) >= 11 is 0. The van der Waals surface area contributed by atoms with Gasteiger partial charge in [0.1, 0.15) is 4.90 Å².